The summed E-state index contributed by atoms with van der Waals surface area (Å²) in [5.74, 6) is -0.707. The van der Waals surface area contributed by atoms with Crippen LogP contribution in [0.25, 0.3) is 0 Å². The van der Waals surface area contributed by atoms with Crippen LogP contribution in [0.15, 0.2) is 73.4 Å². The minimum absolute atomic E-state index is 0.139. The smallest absolute Gasteiger partial charge is 0.335 e. The third kappa shape index (κ3) is 4.09. The van der Waals surface area contributed by atoms with E-state index >= 15 is 0 Å². The summed E-state index contributed by atoms with van der Waals surface area (Å²) >= 11 is 0. The van der Waals surface area contributed by atoms with Crippen LogP contribution < -0.4 is 21.9 Å². The van der Waals surface area contributed by atoms with Crippen LogP contribution in [-0.2, 0) is 0 Å². The van der Waals surface area contributed by atoms with E-state index in [0.29, 0.717) is 0 Å². The fourth-order valence-electron chi connectivity index (χ4n) is 1.93. The first kappa shape index (κ1) is 16.8. The molecule has 0 saturated carbocycles. The standard InChI is InChI=1S/C17H11N3O6/c21-14-6-4-10(8-25-14)16(23)19-12-2-1-3-13(18-12)20-17(24)11-5-7-15(22)26-9-11/h1-9H,(H2,18,19,20,23,24). The van der Waals surface area contributed by atoms with Gasteiger partial charge in [-0.2, -0.15) is 0 Å². The molecule has 0 bridgehead atoms. The lowest BCUT2D eigenvalue weighted by Crippen LogP contribution is -2.16. The number of carbonyl (C=O) groups is 2. The molecule has 130 valence electrons. The zero-order valence-corrected chi connectivity index (χ0v) is 13.1. The molecule has 0 saturated heterocycles. The van der Waals surface area contributed by atoms with E-state index in [1.54, 1.807) is 6.07 Å². The summed E-state index contributed by atoms with van der Waals surface area (Å²) in [4.78, 5) is 50.1. The van der Waals surface area contributed by atoms with E-state index in [1.165, 1.54) is 24.3 Å². The monoisotopic (exact) mass is 353 g/mol. The summed E-state index contributed by atoms with van der Waals surface area (Å²) in [5, 5.41) is 5.03. The lowest BCUT2D eigenvalue weighted by molar-refractivity contribution is 0.101. The Balaban J connectivity index is 1.71. The maximum absolute atomic E-state index is 12.1. The highest BCUT2D eigenvalue weighted by Crippen LogP contribution is 2.12. The van der Waals surface area contributed by atoms with E-state index in [2.05, 4.69) is 24.5 Å². The van der Waals surface area contributed by atoms with Gasteiger partial charge in [0.2, 0.25) is 0 Å². The van der Waals surface area contributed by atoms with Crippen LogP contribution in [0.5, 0.6) is 0 Å². The van der Waals surface area contributed by atoms with Crippen molar-refractivity contribution < 1.29 is 18.4 Å². The van der Waals surface area contributed by atoms with E-state index in [0.717, 1.165) is 24.7 Å². The van der Waals surface area contributed by atoms with Gasteiger partial charge in [0.1, 0.15) is 24.2 Å². The predicted molar refractivity (Wildman–Crippen MR) is 90.1 cm³/mol. The lowest BCUT2D eigenvalue weighted by Gasteiger charge is -2.07. The largest absolute Gasteiger partial charge is 0.430 e. The Morgan fingerprint density at radius 2 is 1.19 bits per heavy atom. The van der Waals surface area contributed by atoms with E-state index in [1.807, 2.05) is 0 Å². The fraction of sp³-hybridized carbons (Fsp3) is 0. The van der Waals surface area contributed by atoms with E-state index < -0.39 is 23.1 Å². The normalized spacial score (nSPS) is 10.2. The number of aromatic nitrogens is 1. The quantitative estimate of drug-likeness (QED) is 0.726. The third-order valence-corrected chi connectivity index (χ3v) is 3.16. The Labute approximate surface area is 145 Å². The second-order valence-corrected chi connectivity index (χ2v) is 5.00. The van der Waals surface area contributed by atoms with Crippen molar-refractivity contribution >= 4 is 23.5 Å². The van der Waals surface area contributed by atoms with Crippen molar-refractivity contribution in [3.63, 3.8) is 0 Å². The molecule has 0 aromatic carbocycles. The van der Waals surface area contributed by atoms with Crippen LogP contribution in [0.1, 0.15) is 20.7 Å². The van der Waals surface area contributed by atoms with Gasteiger partial charge in [-0.1, -0.05) is 6.07 Å². The molecule has 0 unspecified atom stereocenters. The molecule has 0 fully saturated rings. The molecule has 0 aliphatic carbocycles. The Morgan fingerprint density at radius 3 is 1.58 bits per heavy atom. The number of anilines is 2. The van der Waals surface area contributed by atoms with Crippen LogP contribution in [0.2, 0.25) is 0 Å². The molecule has 3 aromatic rings. The van der Waals surface area contributed by atoms with Crippen LogP contribution in [-0.4, -0.2) is 16.8 Å². The summed E-state index contributed by atoms with van der Waals surface area (Å²) in [6.45, 7) is 0. The van der Waals surface area contributed by atoms with Gasteiger partial charge in [0.15, 0.2) is 0 Å². The van der Waals surface area contributed by atoms with Gasteiger partial charge in [-0.05, 0) is 24.3 Å². The number of amides is 2. The van der Waals surface area contributed by atoms with Crippen molar-refractivity contribution in [3.8, 4) is 0 Å². The molecule has 0 aliphatic heterocycles. The molecule has 3 rings (SSSR count). The van der Waals surface area contributed by atoms with Crippen LogP contribution in [0, 0.1) is 0 Å². The van der Waals surface area contributed by atoms with Gasteiger partial charge in [-0.15, -0.1) is 0 Å². The van der Waals surface area contributed by atoms with Gasteiger partial charge in [0, 0.05) is 12.1 Å². The minimum atomic E-state index is -0.568. The summed E-state index contributed by atoms with van der Waals surface area (Å²) in [6, 6.07) is 9.50. The highest BCUT2D eigenvalue weighted by molar-refractivity contribution is 6.04. The van der Waals surface area contributed by atoms with Gasteiger partial charge >= 0.3 is 11.3 Å². The molecule has 3 heterocycles. The number of hydrogen-bond acceptors (Lipinski definition) is 7. The van der Waals surface area contributed by atoms with Crippen LogP contribution in [0.3, 0.4) is 0 Å². The van der Waals surface area contributed by atoms with Crippen molar-refractivity contribution in [2.75, 3.05) is 10.6 Å². The van der Waals surface area contributed by atoms with E-state index in [4.69, 9.17) is 0 Å². The van der Waals surface area contributed by atoms with Crippen molar-refractivity contribution in [2.24, 2.45) is 0 Å². The van der Waals surface area contributed by atoms with Crippen molar-refractivity contribution in [1.29, 1.82) is 0 Å². The molecule has 2 N–H and O–H groups in total. The van der Waals surface area contributed by atoms with Gasteiger partial charge in [-0.25, -0.2) is 14.6 Å². The number of rotatable bonds is 4. The fourth-order valence-corrected chi connectivity index (χ4v) is 1.93. The molecule has 0 spiro atoms. The second-order valence-electron chi connectivity index (χ2n) is 5.00. The molecule has 9 heteroatoms. The zero-order valence-electron chi connectivity index (χ0n) is 13.1. The van der Waals surface area contributed by atoms with Crippen molar-refractivity contribution in [2.45, 2.75) is 0 Å². The Kier molecular flexibility index (Phi) is 4.70. The average Bonchev–Trinajstić information content (AvgIpc) is 2.63. The van der Waals surface area contributed by atoms with E-state index in [-0.39, 0.29) is 22.8 Å². The summed E-state index contributed by atoms with van der Waals surface area (Å²) < 4.78 is 9.25. The number of hydrogen-bond donors (Lipinski definition) is 2. The predicted octanol–water partition coefficient (Wildman–Crippen LogP) is 1.49. The van der Waals surface area contributed by atoms with Gasteiger partial charge in [0.05, 0.1) is 11.1 Å². The highest BCUT2D eigenvalue weighted by atomic mass is 16.4. The Hall–Kier alpha value is -4.01. The third-order valence-electron chi connectivity index (χ3n) is 3.16. The lowest BCUT2D eigenvalue weighted by atomic mass is 10.3. The second kappa shape index (κ2) is 7.26. The van der Waals surface area contributed by atoms with Crippen molar-refractivity contribution in [3.05, 3.63) is 87.0 Å². The first-order valence-corrected chi connectivity index (χ1v) is 7.29. The Morgan fingerprint density at radius 1 is 0.731 bits per heavy atom. The number of pyridine rings is 1. The molecule has 2 amide bonds. The minimum Gasteiger partial charge on any atom is -0.430 e. The van der Waals surface area contributed by atoms with Gasteiger partial charge < -0.3 is 19.5 Å². The topological polar surface area (TPSA) is 132 Å². The average molecular weight is 353 g/mol. The molecular weight excluding hydrogens is 342 g/mol. The summed E-state index contributed by atoms with van der Waals surface area (Å²) in [6.07, 6.45) is 2.07. The number of nitrogens with one attached hydrogen (secondary N) is 2. The van der Waals surface area contributed by atoms with Crippen LogP contribution >= 0.6 is 0 Å². The van der Waals surface area contributed by atoms with Gasteiger partial charge in [-0.3, -0.25) is 9.59 Å². The molecule has 0 radical (unpaired) electrons. The van der Waals surface area contributed by atoms with E-state index in [9.17, 15) is 19.2 Å². The van der Waals surface area contributed by atoms with Gasteiger partial charge in [0.25, 0.3) is 11.8 Å². The molecule has 26 heavy (non-hydrogen) atoms. The van der Waals surface area contributed by atoms with Crippen LogP contribution in [0.4, 0.5) is 11.6 Å². The first-order valence-electron chi connectivity index (χ1n) is 7.29. The Bertz CT molecular complexity index is 962. The summed E-state index contributed by atoms with van der Waals surface area (Å²) in [7, 11) is 0. The molecule has 0 atom stereocenters. The zero-order chi connectivity index (χ0) is 18.5. The molecule has 0 aliphatic rings. The number of carbonyl (C=O) groups excluding carboxylic acids is 2. The number of nitrogens with zero attached hydrogens (tertiary/aromatic N) is 1. The molecule has 9 nitrogen and oxygen atoms in total. The summed E-state index contributed by atoms with van der Waals surface area (Å²) in [5.41, 5.74) is -0.859. The SMILES string of the molecule is O=C(Nc1cccc(NC(=O)c2ccc(=O)oc2)n1)c1ccc(=O)oc1. The highest BCUT2D eigenvalue weighted by Gasteiger charge is 2.11. The maximum atomic E-state index is 12.1. The maximum Gasteiger partial charge on any atom is 0.335 e. The van der Waals surface area contributed by atoms with Crippen molar-refractivity contribution in [1.82, 2.24) is 4.98 Å². The molecular formula is C17H11N3O6. The first-order chi connectivity index (χ1) is 12.5. The molecule has 3 aromatic heterocycles.